The lowest BCUT2D eigenvalue weighted by atomic mass is 10.1. The van der Waals surface area contributed by atoms with Crippen LogP contribution in [-0.2, 0) is 20.7 Å². The fourth-order valence-electron chi connectivity index (χ4n) is 2.50. The first-order valence-corrected chi connectivity index (χ1v) is 9.36. The van der Waals surface area contributed by atoms with E-state index in [-0.39, 0.29) is 17.8 Å². The number of esters is 1. The van der Waals surface area contributed by atoms with Crippen LogP contribution in [0.25, 0.3) is 10.6 Å². The van der Waals surface area contributed by atoms with Crippen LogP contribution in [0.5, 0.6) is 0 Å². The van der Waals surface area contributed by atoms with E-state index in [1.807, 2.05) is 6.07 Å². The number of hydrogen-bond acceptors (Lipinski definition) is 8. The minimum Gasteiger partial charge on any atom is -0.455 e. The van der Waals surface area contributed by atoms with Crippen molar-refractivity contribution >= 4 is 34.6 Å². The van der Waals surface area contributed by atoms with E-state index in [0.29, 0.717) is 11.3 Å². The summed E-state index contributed by atoms with van der Waals surface area (Å²) in [5.74, 6) is -1.28. The number of carbonyl (C=O) groups is 2. The molecule has 3 aromatic rings. The zero-order valence-electron chi connectivity index (χ0n) is 15.3. The van der Waals surface area contributed by atoms with Crippen LogP contribution in [0.4, 0.5) is 11.4 Å². The first kappa shape index (κ1) is 20.1. The van der Waals surface area contributed by atoms with Gasteiger partial charge in [-0.3, -0.25) is 24.7 Å². The Morgan fingerprint density at radius 1 is 1.28 bits per heavy atom. The van der Waals surface area contributed by atoms with E-state index in [1.54, 1.807) is 36.8 Å². The molecule has 0 bridgehead atoms. The van der Waals surface area contributed by atoms with Gasteiger partial charge in [-0.25, -0.2) is 4.98 Å². The zero-order chi connectivity index (χ0) is 20.8. The van der Waals surface area contributed by atoms with Gasteiger partial charge in [0.2, 0.25) is 0 Å². The molecule has 148 valence electrons. The van der Waals surface area contributed by atoms with Crippen LogP contribution in [0.2, 0.25) is 0 Å². The molecule has 0 fully saturated rings. The number of ether oxygens (including phenoxy) is 1. The van der Waals surface area contributed by atoms with E-state index in [0.717, 1.165) is 10.6 Å². The molecule has 2 heterocycles. The van der Waals surface area contributed by atoms with Crippen molar-refractivity contribution in [3.63, 3.8) is 0 Å². The highest BCUT2D eigenvalue weighted by Crippen LogP contribution is 2.27. The number of hydrogen-bond donors (Lipinski definition) is 1. The van der Waals surface area contributed by atoms with Gasteiger partial charge in [0.05, 0.1) is 17.0 Å². The van der Waals surface area contributed by atoms with E-state index in [4.69, 9.17) is 4.74 Å². The van der Waals surface area contributed by atoms with Gasteiger partial charge >= 0.3 is 5.97 Å². The Bertz CT molecular complexity index is 1050. The van der Waals surface area contributed by atoms with Crippen LogP contribution in [0.1, 0.15) is 11.3 Å². The van der Waals surface area contributed by atoms with Crippen molar-refractivity contribution in [2.24, 2.45) is 0 Å². The third-order valence-corrected chi connectivity index (χ3v) is 4.80. The molecule has 0 aliphatic heterocycles. The largest absolute Gasteiger partial charge is 0.455 e. The molecular formula is C19H16N4O5S. The summed E-state index contributed by atoms with van der Waals surface area (Å²) in [4.78, 5) is 42.9. The lowest BCUT2D eigenvalue weighted by Crippen LogP contribution is -2.22. The molecule has 0 aliphatic rings. The Morgan fingerprint density at radius 2 is 2.10 bits per heavy atom. The normalized spacial score (nSPS) is 10.4. The number of pyridine rings is 1. The van der Waals surface area contributed by atoms with Gasteiger partial charge in [0.15, 0.2) is 6.61 Å². The second-order valence-corrected chi connectivity index (χ2v) is 6.86. The first-order valence-electron chi connectivity index (χ1n) is 8.48. The van der Waals surface area contributed by atoms with E-state index in [2.05, 4.69) is 15.3 Å². The predicted octanol–water partition coefficient (Wildman–Crippen LogP) is 3.15. The number of nitrogens with zero attached hydrogens (tertiary/aromatic N) is 3. The van der Waals surface area contributed by atoms with Gasteiger partial charge < -0.3 is 10.1 Å². The predicted molar refractivity (Wildman–Crippen MR) is 106 cm³/mol. The number of nitro benzene ring substituents is 1. The maximum absolute atomic E-state index is 12.1. The third-order valence-electron chi connectivity index (χ3n) is 3.86. The summed E-state index contributed by atoms with van der Waals surface area (Å²) in [5.41, 5.74) is 1.75. The molecule has 10 heteroatoms. The number of rotatable bonds is 7. The second kappa shape index (κ2) is 9.02. The molecule has 0 spiro atoms. The summed E-state index contributed by atoms with van der Waals surface area (Å²) < 4.78 is 4.97. The third kappa shape index (κ3) is 5.20. The number of amides is 1. The highest BCUT2D eigenvalue weighted by atomic mass is 32.1. The van der Waals surface area contributed by atoms with Gasteiger partial charge in [0.1, 0.15) is 10.7 Å². The summed E-state index contributed by atoms with van der Waals surface area (Å²) in [6.45, 7) is 1.08. The molecule has 2 aromatic heterocycles. The second-order valence-electron chi connectivity index (χ2n) is 6.00. The van der Waals surface area contributed by atoms with Crippen molar-refractivity contribution < 1.29 is 19.2 Å². The standard InChI is InChI=1S/C19H16N4O5S/c1-12-4-2-6-15(23(26)27)18(12)22-16(24)10-28-17(25)8-14-11-29-19(21-14)13-5-3-7-20-9-13/h2-7,9,11H,8,10H2,1H3,(H,22,24). The Hall–Kier alpha value is -3.66. The molecule has 1 amide bonds. The lowest BCUT2D eigenvalue weighted by Gasteiger charge is -2.09. The number of para-hydroxylation sites is 1. The van der Waals surface area contributed by atoms with Crippen LogP contribution < -0.4 is 5.32 Å². The minimum absolute atomic E-state index is 0.0826. The Labute approximate surface area is 169 Å². The Kier molecular flexibility index (Phi) is 6.25. The molecule has 0 aliphatic carbocycles. The van der Waals surface area contributed by atoms with E-state index in [9.17, 15) is 19.7 Å². The van der Waals surface area contributed by atoms with Gasteiger partial charge in [-0.05, 0) is 24.6 Å². The number of anilines is 1. The average molecular weight is 412 g/mol. The average Bonchev–Trinajstić information content (AvgIpc) is 3.17. The molecule has 1 aromatic carbocycles. The number of aryl methyl sites for hydroxylation is 1. The van der Waals surface area contributed by atoms with Crippen molar-refractivity contribution in [2.75, 3.05) is 11.9 Å². The summed E-state index contributed by atoms with van der Waals surface area (Å²) in [5, 5.41) is 16.0. The summed E-state index contributed by atoms with van der Waals surface area (Å²) in [7, 11) is 0. The number of aromatic nitrogens is 2. The number of benzene rings is 1. The molecule has 0 saturated heterocycles. The van der Waals surface area contributed by atoms with Crippen LogP contribution in [0.15, 0.2) is 48.1 Å². The molecule has 9 nitrogen and oxygen atoms in total. The molecule has 3 rings (SSSR count). The highest BCUT2D eigenvalue weighted by molar-refractivity contribution is 7.13. The SMILES string of the molecule is Cc1cccc([N+](=O)[O-])c1NC(=O)COC(=O)Cc1csc(-c2cccnc2)n1. The molecule has 0 atom stereocenters. The van der Waals surface area contributed by atoms with Crippen LogP contribution in [0, 0.1) is 17.0 Å². The molecule has 0 radical (unpaired) electrons. The Morgan fingerprint density at radius 3 is 2.83 bits per heavy atom. The van der Waals surface area contributed by atoms with Crippen LogP contribution in [0.3, 0.4) is 0 Å². The first-order chi connectivity index (χ1) is 13.9. The monoisotopic (exact) mass is 412 g/mol. The fraction of sp³-hybridized carbons (Fsp3) is 0.158. The topological polar surface area (TPSA) is 124 Å². The molecule has 29 heavy (non-hydrogen) atoms. The van der Waals surface area contributed by atoms with Crippen molar-refractivity contribution in [1.29, 1.82) is 0 Å². The quantitative estimate of drug-likeness (QED) is 0.359. The molecular weight excluding hydrogens is 396 g/mol. The van der Waals surface area contributed by atoms with E-state index < -0.39 is 23.4 Å². The zero-order valence-corrected chi connectivity index (χ0v) is 16.1. The molecule has 0 unspecified atom stereocenters. The number of nitro groups is 1. The summed E-state index contributed by atoms with van der Waals surface area (Å²) in [6, 6.07) is 8.11. The fourth-order valence-corrected chi connectivity index (χ4v) is 3.31. The van der Waals surface area contributed by atoms with Crippen molar-refractivity contribution in [3.8, 4) is 10.6 Å². The smallest absolute Gasteiger partial charge is 0.312 e. The van der Waals surface area contributed by atoms with Gasteiger partial charge in [0.25, 0.3) is 11.6 Å². The van der Waals surface area contributed by atoms with E-state index >= 15 is 0 Å². The van der Waals surface area contributed by atoms with Crippen molar-refractivity contribution in [1.82, 2.24) is 9.97 Å². The number of nitrogens with one attached hydrogen (secondary N) is 1. The number of thiazole rings is 1. The summed E-state index contributed by atoms with van der Waals surface area (Å²) in [6.07, 6.45) is 3.25. The summed E-state index contributed by atoms with van der Waals surface area (Å²) >= 11 is 1.37. The van der Waals surface area contributed by atoms with Gasteiger partial charge in [-0.1, -0.05) is 12.1 Å². The highest BCUT2D eigenvalue weighted by Gasteiger charge is 2.19. The van der Waals surface area contributed by atoms with Crippen molar-refractivity contribution in [3.05, 3.63) is 69.5 Å². The van der Waals surface area contributed by atoms with Gasteiger partial charge in [-0.15, -0.1) is 11.3 Å². The van der Waals surface area contributed by atoms with Gasteiger partial charge in [-0.2, -0.15) is 0 Å². The molecule has 0 saturated carbocycles. The van der Waals surface area contributed by atoms with Crippen molar-refractivity contribution in [2.45, 2.75) is 13.3 Å². The van der Waals surface area contributed by atoms with E-state index in [1.165, 1.54) is 23.5 Å². The Balaban J connectivity index is 1.55. The molecule has 1 N–H and O–H groups in total. The maximum Gasteiger partial charge on any atom is 0.312 e. The van der Waals surface area contributed by atoms with Crippen LogP contribution >= 0.6 is 11.3 Å². The minimum atomic E-state index is -0.662. The lowest BCUT2D eigenvalue weighted by molar-refractivity contribution is -0.384. The maximum atomic E-state index is 12.1. The van der Waals surface area contributed by atoms with Gasteiger partial charge in [0, 0.05) is 29.4 Å². The van der Waals surface area contributed by atoms with Crippen LogP contribution in [-0.4, -0.2) is 33.4 Å². The number of carbonyl (C=O) groups excluding carboxylic acids is 2.